The summed E-state index contributed by atoms with van der Waals surface area (Å²) in [5.41, 5.74) is -0.207. The third-order valence-electron chi connectivity index (χ3n) is 2.57. The first-order chi connectivity index (χ1) is 9.11. The van der Waals surface area contributed by atoms with Gasteiger partial charge in [0.2, 0.25) is 0 Å². The van der Waals surface area contributed by atoms with Gasteiger partial charge in [0.05, 0.1) is 5.69 Å². The maximum absolute atomic E-state index is 12.9. The van der Waals surface area contributed by atoms with Crippen LogP contribution >= 0.6 is 22.6 Å². The highest BCUT2D eigenvalue weighted by molar-refractivity contribution is 14.1. The molecule has 1 rings (SSSR count). The minimum absolute atomic E-state index is 0.404. The maximum Gasteiger partial charge on any atom is 0.326 e. The predicted octanol–water partition coefficient (Wildman–Crippen LogP) is 3.05. The summed E-state index contributed by atoms with van der Waals surface area (Å²) < 4.78 is 13.5. The Bertz CT molecular complexity index is 529. The van der Waals surface area contributed by atoms with E-state index in [1.165, 1.54) is 18.2 Å². The number of carbonyl (C=O) groups is 2. The number of halogens is 2. The summed E-state index contributed by atoms with van der Waals surface area (Å²) in [7, 11) is 0. The van der Waals surface area contributed by atoms with Crippen LogP contribution < -0.4 is 10.6 Å². The maximum atomic E-state index is 12.9. The Labute approximate surface area is 130 Å². The number of amides is 2. The van der Waals surface area contributed by atoms with Crippen LogP contribution in [0.5, 0.6) is 0 Å². The van der Waals surface area contributed by atoms with E-state index in [9.17, 15) is 14.0 Å². The molecule has 20 heavy (non-hydrogen) atoms. The van der Waals surface area contributed by atoms with Gasteiger partial charge in [0.25, 0.3) is 0 Å². The van der Waals surface area contributed by atoms with Crippen LogP contribution in [0, 0.1) is 14.8 Å². The molecule has 0 radical (unpaired) electrons. The Morgan fingerprint density at radius 1 is 1.35 bits per heavy atom. The van der Waals surface area contributed by atoms with Gasteiger partial charge in [-0.3, -0.25) is 0 Å². The second-order valence-corrected chi connectivity index (χ2v) is 6.52. The van der Waals surface area contributed by atoms with E-state index in [1.807, 2.05) is 22.6 Å². The fourth-order valence-corrected chi connectivity index (χ4v) is 2.14. The SMILES string of the molecule is CC(C)(C)[C@H](NC(=O)Nc1ccc(F)cc1I)C(=O)O. The van der Waals surface area contributed by atoms with Crippen molar-refractivity contribution in [3.8, 4) is 0 Å². The molecule has 110 valence electrons. The van der Waals surface area contributed by atoms with Gasteiger partial charge in [0.15, 0.2) is 0 Å². The number of benzene rings is 1. The van der Waals surface area contributed by atoms with Crippen LogP contribution in [0.25, 0.3) is 0 Å². The van der Waals surface area contributed by atoms with Gasteiger partial charge in [-0.15, -0.1) is 0 Å². The number of nitrogens with one attached hydrogen (secondary N) is 2. The third-order valence-corrected chi connectivity index (χ3v) is 3.46. The molecular weight excluding hydrogens is 378 g/mol. The molecule has 0 saturated heterocycles. The van der Waals surface area contributed by atoms with Gasteiger partial charge in [-0.05, 0) is 46.2 Å². The minimum atomic E-state index is -1.11. The molecule has 1 atom stereocenters. The highest BCUT2D eigenvalue weighted by Crippen LogP contribution is 2.21. The summed E-state index contributed by atoms with van der Waals surface area (Å²) in [4.78, 5) is 23.0. The summed E-state index contributed by atoms with van der Waals surface area (Å²) >= 11 is 1.88. The van der Waals surface area contributed by atoms with Crippen molar-refractivity contribution in [1.29, 1.82) is 0 Å². The summed E-state index contributed by atoms with van der Waals surface area (Å²) in [6.45, 7) is 5.15. The van der Waals surface area contributed by atoms with Gasteiger partial charge in [-0.25, -0.2) is 14.0 Å². The van der Waals surface area contributed by atoms with Crippen LogP contribution in [-0.4, -0.2) is 23.1 Å². The zero-order chi connectivity index (χ0) is 15.5. The standard InChI is InChI=1S/C13H16FIN2O3/c1-13(2,3)10(11(18)19)17-12(20)16-9-5-4-7(14)6-8(9)15/h4-6,10H,1-3H3,(H,18,19)(H2,16,17,20)/t10-/m1/s1. The molecule has 0 fully saturated rings. The highest BCUT2D eigenvalue weighted by atomic mass is 127. The number of hydrogen-bond acceptors (Lipinski definition) is 2. The molecule has 0 spiro atoms. The summed E-state index contributed by atoms with van der Waals surface area (Å²) in [6, 6.07) is 2.24. The number of urea groups is 1. The second-order valence-electron chi connectivity index (χ2n) is 5.36. The number of aliphatic carboxylic acids is 1. The Morgan fingerprint density at radius 3 is 2.40 bits per heavy atom. The first-order valence-electron chi connectivity index (χ1n) is 5.86. The number of rotatable bonds is 3. The molecule has 0 aliphatic carbocycles. The lowest BCUT2D eigenvalue weighted by Crippen LogP contribution is -2.50. The zero-order valence-corrected chi connectivity index (χ0v) is 13.5. The number of carbonyl (C=O) groups excluding carboxylic acids is 1. The van der Waals surface area contributed by atoms with Crippen molar-refractivity contribution in [1.82, 2.24) is 5.32 Å². The Morgan fingerprint density at radius 2 is 1.95 bits per heavy atom. The van der Waals surface area contributed by atoms with E-state index in [1.54, 1.807) is 20.8 Å². The average molecular weight is 394 g/mol. The van der Waals surface area contributed by atoms with Crippen molar-refractivity contribution in [2.24, 2.45) is 5.41 Å². The van der Waals surface area contributed by atoms with Crippen LogP contribution in [0.2, 0.25) is 0 Å². The number of carboxylic acids is 1. The van der Waals surface area contributed by atoms with Crippen LogP contribution in [0.3, 0.4) is 0 Å². The summed E-state index contributed by atoms with van der Waals surface area (Å²) in [5, 5.41) is 14.0. The molecule has 2 amide bonds. The molecule has 0 aliphatic heterocycles. The molecule has 7 heteroatoms. The third kappa shape index (κ3) is 4.62. The molecule has 3 N–H and O–H groups in total. The quantitative estimate of drug-likeness (QED) is 0.690. The predicted molar refractivity (Wildman–Crippen MR) is 82.2 cm³/mol. The van der Waals surface area contributed by atoms with E-state index in [0.29, 0.717) is 9.26 Å². The van der Waals surface area contributed by atoms with Crippen molar-refractivity contribution in [3.63, 3.8) is 0 Å². The van der Waals surface area contributed by atoms with E-state index in [4.69, 9.17) is 5.11 Å². The van der Waals surface area contributed by atoms with Crippen molar-refractivity contribution in [3.05, 3.63) is 27.6 Å². The van der Waals surface area contributed by atoms with Gasteiger partial charge in [0.1, 0.15) is 11.9 Å². The summed E-state index contributed by atoms with van der Waals surface area (Å²) in [6.07, 6.45) is 0. The minimum Gasteiger partial charge on any atom is -0.480 e. The average Bonchev–Trinajstić information content (AvgIpc) is 2.28. The Kier molecular flexibility index (Phi) is 5.32. The fraction of sp³-hybridized carbons (Fsp3) is 0.385. The molecule has 0 aromatic heterocycles. The van der Waals surface area contributed by atoms with E-state index in [0.717, 1.165) is 0 Å². The summed E-state index contributed by atoms with van der Waals surface area (Å²) in [5.74, 6) is -1.51. The number of hydrogen-bond donors (Lipinski definition) is 3. The van der Waals surface area contributed by atoms with Crippen molar-refractivity contribution in [2.45, 2.75) is 26.8 Å². The van der Waals surface area contributed by atoms with E-state index in [2.05, 4.69) is 10.6 Å². The van der Waals surface area contributed by atoms with E-state index in [-0.39, 0.29) is 0 Å². The molecule has 0 saturated carbocycles. The van der Waals surface area contributed by atoms with Crippen LogP contribution in [-0.2, 0) is 4.79 Å². The van der Waals surface area contributed by atoms with Crippen LogP contribution in [0.4, 0.5) is 14.9 Å². The highest BCUT2D eigenvalue weighted by Gasteiger charge is 2.32. The second kappa shape index (κ2) is 6.38. The molecule has 1 aromatic carbocycles. The number of anilines is 1. The zero-order valence-electron chi connectivity index (χ0n) is 11.3. The molecule has 0 heterocycles. The molecule has 0 unspecified atom stereocenters. The van der Waals surface area contributed by atoms with Crippen molar-refractivity contribution >= 4 is 40.3 Å². The van der Waals surface area contributed by atoms with Gasteiger partial charge < -0.3 is 15.7 Å². The van der Waals surface area contributed by atoms with Crippen LogP contribution in [0.1, 0.15) is 20.8 Å². The first kappa shape index (κ1) is 16.7. The van der Waals surface area contributed by atoms with Gasteiger partial charge in [-0.1, -0.05) is 20.8 Å². The Hall–Kier alpha value is -1.38. The smallest absolute Gasteiger partial charge is 0.326 e. The largest absolute Gasteiger partial charge is 0.480 e. The lowest BCUT2D eigenvalue weighted by atomic mass is 9.87. The fourth-order valence-electron chi connectivity index (χ4n) is 1.53. The van der Waals surface area contributed by atoms with E-state index >= 15 is 0 Å². The van der Waals surface area contributed by atoms with Gasteiger partial charge >= 0.3 is 12.0 Å². The van der Waals surface area contributed by atoms with Crippen LogP contribution in [0.15, 0.2) is 18.2 Å². The van der Waals surface area contributed by atoms with Gasteiger partial charge in [-0.2, -0.15) is 0 Å². The monoisotopic (exact) mass is 394 g/mol. The first-order valence-corrected chi connectivity index (χ1v) is 6.94. The molecule has 0 bridgehead atoms. The normalized spacial score (nSPS) is 12.7. The number of carboxylic acid groups (broad SMARTS) is 1. The van der Waals surface area contributed by atoms with Gasteiger partial charge in [0, 0.05) is 3.57 Å². The lowest BCUT2D eigenvalue weighted by molar-refractivity contribution is -0.141. The lowest BCUT2D eigenvalue weighted by Gasteiger charge is -2.27. The molecular formula is C13H16FIN2O3. The van der Waals surface area contributed by atoms with Crippen molar-refractivity contribution < 1.29 is 19.1 Å². The molecule has 1 aromatic rings. The molecule has 0 aliphatic rings. The Balaban J connectivity index is 2.79. The molecule has 5 nitrogen and oxygen atoms in total. The van der Waals surface area contributed by atoms with Crippen molar-refractivity contribution in [2.75, 3.05) is 5.32 Å². The topological polar surface area (TPSA) is 78.4 Å². The van der Waals surface area contributed by atoms with E-state index < -0.39 is 29.3 Å².